The first-order chi connectivity index (χ1) is 25.7. The number of rotatable bonds is 10. The molecule has 0 saturated carbocycles. The molecule has 18 nitrogen and oxygen atoms in total. The number of phenolic OH excluding ortho intramolecular Hbond substituents is 3. The van der Waals surface area contributed by atoms with Gasteiger partial charge in [0.15, 0.2) is 5.76 Å². The van der Waals surface area contributed by atoms with Crippen molar-refractivity contribution in [1.82, 2.24) is 0 Å². The van der Waals surface area contributed by atoms with Crippen molar-refractivity contribution in [2.45, 2.75) is 61.4 Å². The van der Waals surface area contributed by atoms with Gasteiger partial charge < -0.3 is 79.2 Å². The van der Waals surface area contributed by atoms with E-state index >= 15 is 0 Å². The van der Waals surface area contributed by atoms with Gasteiger partial charge in [0, 0.05) is 23.8 Å². The predicted molar refractivity (Wildman–Crippen MR) is 181 cm³/mol. The number of fused-ring (bicyclic) bond motifs is 1. The number of hydrogen-bond donors (Lipinski definition) is 10. The lowest BCUT2D eigenvalue weighted by molar-refractivity contribution is -0.278. The number of esters is 1. The zero-order chi connectivity index (χ0) is 38.8. The molecule has 288 valence electrons. The molecule has 2 aliphatic heterocycles. The fraction of sp³-hybridized carbons (Fsp3) is 0.333. The molecule has 54 heavy (non-hydrogen) atoms. The maximum Gasteiger partial charge on any atom is 0.330 e. The highest BCUT2D eigenvalue weighted by Crippen LogP contribution is 2.38. The molecule has 0 aliphatic carbocycles. The Hall–Kier alpha value is -5.28. The largest absolute Gasteiger partial charge is 0.508 e. The van der Waals surface area contributed by atoms with E-state index in [-0.39, 0.29) is 34.2 Å². The average Bonchev–Trinajstić information content (AvgIpc) is 3.15. The van der Waals surface area contributed by atoms with Crippen molar-refractivity contribution in [2.24, 2.45) is 0 Å². The second-order valence-corrected chi connectivity index (χ2v) is 12.5. The Morgan fingerprint density at radius 1 is 0.722 bits per heavy atom. The van der Waals surface area contributed by atoms with Crippen LogP contribution >= 0.6 is 0 Å². The number of carbonyl (C=O) groups excluding carboxylic acids is 1. The van der Waals surface area contributed by atoms with Crippen LogP contribution in [0.4, 0.5) is 0 Å². The van der Waals surface area contributed by atoms with Gasteiger partial charge in [-0.05, 0) is 48.0 Å². The topological polar surface area (TPSA) is 296 Å². The molecule has 2 saturated heterocycles. The summed E-state index contributed by atoms with van der Waals surface area (Å²) in [4.78, 5) is 26.4. The van der Waals surface area contributed by atoms with Crippen LogP contribution in [0.25, 0.3) is 28.4 Å². The molecule has 3 heterocycles. The highest BCUT2D eigenvalue weighted by atomic mass is 16.7. The third kappa shape index (κ3) is 7.97. The predicted octanol–water partition coefficient (Wildman–Crippen LogP) is -0.802. The Kier molecular flexibility index (Phi) is 11.4. The summed E-state index contributed by atoms with van der Waals surface area (Å²) in [6.07, 6.45) is -14.8. The molecule has 0 bridgehead atoms. The number of aromatic hydroxyl groups is 3. The molecule has 3 aromatic carbocycles. The lowest BCUT2D eigenvalue weighted by atomic mass is 9.99. The fourth-order valence-corrected chi connectivity index (χ4v) is 5.76. The molecule has 10 atom stereocenters. The van der Waals surface area contributed by atoms with Crippen LogP contribution in [0.1, 0.15) is 5.56 Å². The fourth-order valence-electron chi connectivity index (χ4n) is 5.76. The molecule has 0 amide bonds. The summed E-state index contributed by atoms with van der Waals surface area (Å²) in [6, 6.07) is 13.2. The number of hydrogen-bond acceptors (Lipinski definition) is 18. The molecular formula is C36H36O18. The van der Waals surface area contributed by atoms with Gasteiger partial charge in [0.2, 0.25) is 23.8 Å². The molecule has 6 rings (SSSR count). The normalized spacial score (nSPS) is 28.6. The van der Waals surface area contributed by atoms with E-state index < -0.39 is 103 Å². The van der Waals surface area contributed by atoms with E-state index in [1.165, 1.54) is 42.5 Å². The maximum atomic E-state index is 14.0. The van der Waals surface area contributed by atoms with Gasteiger partial charge in [-0.1, -0.05) is 12.1 Å². The van der Waals surface area contributed by atoms with Crippen LogP contribution < -0.4 is 14.9 Å². The monoisotopic (exact) mass is 756 g/mol. The quantitative estimate of drug-likeness (QED) is 0.0700. The summed E-state index contributed by atoms with van der Waals surface area (Å²) in [5.41, 5.74) is -0.665. The van der Waals surface area contributed by atoms with Crippen molar-refractivity contribution in [3.05, 3.63) is 82.5 Å². The highest BCUT2D eigenvalue weighted by Gasteiger charge is 2.47. The SMILES string of the molecule is O=C(/C=C/c1ccc(O)cc1)OC[C@H]1O[C@@H](Oc2c(-c3ccc(O)cc3)oc3cc(O[C@@H]4O[C@H](CO)[C@@H](O)[C@@H](O)[C@H]4O)cc(O)c3c2=O)[C@H](O)[C@H](O)[C@@H]1O. The van der Waals surface area contributed by atoms with Crippen molar-refractivity contribution < 1.29 is 84.0 Å². The van der Waals surface area contributed by atoms with Gasteiger partial charge in [0.1, 0.15) is 89.4 Å². The molecule has 18 heteroatoms. The molecule has 0 radical (unpaired) electrons. The van der Waals surface area contributed by atoms with Gasteiger partial charge in [-0.25, -0.2) is 4.79 Å². The second kappa shape index (κ2) is 16.0. The molecule has 10 N–H and O–H groups in total. The minimum absolute atomic E-state index is 0.0259. The summed E-state index contributed by atoms with van der Waals surface area (Å²) in [5, 5.41) is 102. The van der Waals surface area contributed by atoms with Crippen LogP contribution in [0.2, 0.25) is 0 Å². The highest BCUT2D eigenvalue weighted by molar-refractivity contribution is 5.88. The van der Waals surface area contributed by atoms with Crippen LogP contribution in [0.3, 0.4) is 0 Å². The van der Waals surface area contributed by atoms with Crippen molar-refractivity contribution in [3.63, 3.8) is 0 Å². The Labute approximate surface area is 304 Å². The zero-order valence-corrected chi connectivity index (χ0v) is 27.9. The van der Waals surface area contributed by atoms with E-state index in [2.05, 4.69) is 0 Å². The number of carbonyl (C=O) groups is 1. The van der Waals surface area contributed by atoms with Crippen molar-refractivity contribution in [2.75, 3.05) is 13.2 Å². The van der Waals surface area contributed by atoms with Gasteiger partial charge in [0.25, 0.3) is 0 Å². The van der Waals surface area contributed by atoms with Crippen LogP contribution in [-0.2, 0) is 19.0 Å². The van der Waals surface area contributed by atoms with Gasteiger partial charge in [-0.3, -0.25) is 4.79 Å². The van der Waals surface area contributed by atoms with Crippen LogP contribution in [0.5, 0.6) is 28.7 Å². The summed E-state index contributed by atoms with van der Waals surface area (Å²) >= 11 is 0. The smallest absolute Gasteiger partial charge is 0.330 e. The van der Waals surface area contributed by atoms with Crippen LogP contribution in [0.15, 0.2) is 76.0 Å². The Balaban J connectivity index is 1.29. The first-order valence-corrected chi connectivity index (χ1v) is 16.4. The van der Waals surface area contributed by atoms with Gasteiger partial charge in [-0.2, -0.15) is 0 Å². The third-order valence-corrected chi connectivity index (χ3v) is 8.73. The van der Waals surface area contributed by atoms with E-state index in [1.54, 1.807) is 12.1 Å². The number of ether oxygens (including phenoxy) is 5. The minimum atomic E-state index is -1.98. The number of benzene rings is 3. The van der Waals surface area contributed by atoms with Crippen LogP contribution in [-0.4, -0.2) is 132 Å². The number of aliphatic hydroxyl groups excluding tert-OH is 7. The first kappa shape index (κ1) is 38.4. The van der Waals surface area contributed by atoms with E-state index in [4.69, 9.17) is 28.1 Å². The standard InChI is InChI=1S/C36H36O18/c37-13-22-26(42)29(45)31(47)35(52-22)50-19-11-20(40)25-21(12-19)51-33(16-4-8-18(39)9-5-16)34(28(25)44)54-36-32(48)30(46)27(43)23(53-36)14-49-24(41)10-3-15-1-6-17(38)7-2-15/h1-12,22-23,26-27,29-32,35-40,42-43,45-48H,13-14H2/b10-3+/t22-,23-,26-,27-,29-,30-,31-,32-,35-,36+/m1/s1. The Bertz CT molecular complexity index is 2030. The Morgan fingerprint density at radius 3 is 1.93 bits per heavy atom. The maximum absolute atomic E-state index is 14.0. The van der Waals surface area contributed by atoms with Crippen molar-refractivity contribution >= 4 is 23.0 Å². The number of phenols is 3. The molecule has 4 aromatic rings. The lowest BCUT2D eigenvalue weighted by Gasteiger charge is -2.39. The zero-order valence-electron chi connectivity index (χ0n) is 27.9. The van der Waals surface area contributed by atoms with E-state index in [0.717, 1.165) is 18.2 Å². The van der Waals surface area contributed by atoms with E-state index in [0.29, 0.717) is 5.56 Å². The average molecular weight is 757 g/mol. The van der Waals surface area contributed by atoms with Gasteiger partial charge in [0.05, 0.1) is 6.61 Å². The summed E-state index contributed by atoms with van der Waals surface area (Å²) in [5.74, 6) is -2.99. The van der Waals surface area contributed by atoms with Gasteiger partial charge in [-0.15, -0.1) is 0 Å². The molecule has 2 fully saturated rings. The van der Waals surface area contributed by atoms with E-state index in [1.807, 2.05) is 0 Å². The van der Waals surface area contributed by atoms with Crippen molar-refractivity contribution in [1.29, 1.82) is 0 Å². The molecule has 0 spiro atoms. The van der Waals surface area contributed by atoms with Gasteiger partial charge >= 0.3 is 5.97 Å². The third-order valence-electron chi connectivity index (χ3n) is 8.73. The summed E-state index contributed by atoms with van der Waals surface area (Å²) in [6.45, 7) is -1.37. The molecular weight excluding hydrogens is 720 g/mol. The molecule has 2 aliphatic rings. The number of aliphatic hydroxyl groups is 7. The second-order valence-electron chi connectivity index (χ2n) is 12.5. The Morgan fingerprint density at radius 2 is 1.30 bits per heavy atom. The minimum Gasteiger partial charge on any atom is -0.508 e. The van der Waals surface area contributed by atoms with E-state index in [9.17, 15) is 60.7 Å². The molecule has 1 aromatic heterocycles. The summed E-state index contributed by atoms with van der Waals surface area (Å²) in [7, 11) is 0. The first-order valence-electron chi connectivity index (χ1n) is 16.4. The summed E-state index contributed by atoms with van der Waals surface area (Å²) < 4.78 is 33.6. The van der Waals surface area contributed by atoms with Crippen molar-refractivity contribution in [3.8, 4) is 40.1 Å². The molecule has 0 unspecified atom stereocenters. The van der Waals surface area contributed by atoms with Crippen LogP contribution in [0, 0.1) is 0 Å². The lowest BCUT2D eigenvalue weighted by Crippen LogP contribution is -2.60.